The van der Waals surface area contributed by atoms with Gasteiger partial charge in [-0.15, -0.1) is 0 Å². The molecule has 2 aromatic rings. The molecule has 7 heteroatoms. The van der Waals surface area contributed by atoms with Crippen LogP contribution in [0.15, 0.2) is 28.7 Å². The van der Waals surface area contributed by atoms with Gasteiger partial charge in [0.1, 0.15) is 29.0 Å². The van der Waals surface area contributed by atoms with Gasteiger partial charge in [-0.3, -0.25) is 15.0 Å². The third kappa shape index (κ3) is 5.33. The number of rotatable bonds is 8. The topological polar surface area (TPSA) is 78.5 Å². The minimum absolute atomic E-state index is 0.167. The van der Waals surface area contributed by atoms with E-state index in [-0.39, 0.29) is 24.2 Å². The van der Waals surface area contributed by atoms with E-state index < -0.39 is 0 Å². The van der Waals surface area contributed by atoms with Gasteiger partial charge in [-0.05, 0) is 51.6 Å². The summed E-state index contributed by atoms with van der Waals surface area (Å²) in [7, 11) is 1.82. The van der Waals surface area contributed by atoms with Crippen molar-refractivity contribution in [1.82, 2.24) is 4.90 Å². The summed E-state index contributed by atoms with van der Waals surface area (Å²) >= 11 is 0. The molecule has 0 saturated carbocycles. The van der Waals surface area contributed by atoms with Crippen molar-refractivity contribution < 1.29 is 18.3 Å². The van der Waals surface area contributed by atoms with Crippen molar-refractivity contribution in [2.75, 3.05) is 32.1 Å². The van der Waals surface area contributed by atoms with Crippen LogP contribution >= 0.6 is 0 Å². The molecule has 1 N–H and O–H groups in total. The van der Waals surface area contributed by atoms with Crippen LogP contribution in [-0.2, 0) is 4.79 Å². The fourth-order valence-electron chi connectivity index (χ4n) is 2.40. The number of likely N-dealkylation sites (N-methyl/N-ethyl adjacent to an activating group) is 1. The molecule has 0 radical (unpaired) electrons. The van der Waals surface area contributed by atoms with E-state index in [1.165, 1.54) is 12.1 Å². The lowest BCUT2D eigenvalue weighted by Crippen LogP contribution is -2.31. The number of hydrogen-bond donors (Lipinski definition) is 1. The third-order valence-electron chi connectivity index (χ3n) is 3.93. The lowest BCUT2D eigenvalue weighted by atomic mass is 10.2. The first-order chi connectivity index (χ1) is 12.4. The maximum Gasteiger partial charge on any atom is 0.240 e. The second-order valence-electron chi connectivity index (χ2n) is 6.04. The second kappa shape index (κ2) is 9.02. The number of anilines is 1. The minimum atomic E-state index is -0.301. The van der Waals surface area contributed by atoms with Gasteiger partial charge < -0.3 is 9.15 Å². The number of carbonyl (C=O) groups excluding carboxylic acids is 1. The average molecular weight is 359 g/mol. The Hall–Kier alpha value is -2.85. The van der Waals surface area contributed by atoms with Gasteiger partial charge in [0.2, 0.25) is 11.8 Å². The van der Waals surface area contributed by atoms with Gasteiger partial charge in [-0.25, -0.2) is 4.39 Å². The number of furan rings is 1. The molecule has 0 unspecified atom stereocenters. The first-order valence-corrected chi connectivity index (χ1v) is 8.27. The van der Waals surface area contributed by atoms with Gasteiger partial charge in [-0.1, -0.05) is 0 Å². The summed E-state index contributed by atoms with van der Waals surface area (Å²) < 4.78 is 23.7. The van der Waals surface area contributed by atoms with Crippen LogP contribution < -0.4 is 10.1 Å². The molecule has 1 aromatic carbocycles. The molecule has 0 bridgehead atoms. The summed E-state index contributed by atoms with van der Waals surface area (Å²) in [5.41, 5.74) is 1.08. The fourth-order valence-corrected chi connectivity index (χ4v) is 2.40. The lowest BCUT2D eigenvalue weighted by molar-refractivity contribution is -0.117. The zero-order chi connectivity index (χ0) is 19.1. The highest BCUT2D eigenvalue weighted by atomic mass is 19.1. The number of hydrogen-bond acceptors (Lipinski definition) is 5. The van der Waals surface area contributed by atoms with Crippen LogP contribution in [-0.4, -0.2) is 37.6 Å². The molecule has 26 heavy (non-hydrogen) atoms. The van der Waals surface area contributed by atoms with Crippen molar-refractivity contribution in [2.24, 2.45) is 0 Å². The van der Waals surface area contributed by atoms with Crippen LogP contribution in [0, 0.1) is 31.0 Å². The molecule has 0 spiro atoms. The second-order valence-corrected chi connectivity index (χ2v) is 6.04. The van der Waals surface area contributed by atoms with Crippen LogP contribution in [0.4, 0.5) is 10.3 Å². The third-order valence-corrected chi connectivity index (χ3v) is 3.93. The van der Waals surface area contributed by atoms with E-state index >= 15 is 0 Å². The van der Waals surface area contributed by atoms with Crippen LogP contribution in [0.3, 0.4) is 0 Å². The summed E-state index contributed by atoms with van der Waals surface area (Å²) in [6.45, 7) is 4.81. The maximum atomic E-state index is 12.8. The van der Waals surface area contributed by atoms with E-state index in [4.69, 9.17) is 14.4 Å². The van der Waals surface area contributed by atoms with Crippen molar-refractivity contribution in [3.05, 3.63) is 47.0 Å². The zero-order valence-electron chi connectivity index (χ0n) is 15.1. The number of nitriles is 1. The Morgan fingerprint density at radius 2 is 2.04 bits per heavy atom. The Kier molecular flexibility index (Phi) is 6.75. The normalized spacial score (nSPS) is 10.6. The van der Waals surface area contributed by atoms with E-state index in [1.807, 2.05) is 18.0 Å². The predicted molar refractivity (Wildman–Crippen MR) is 95.5 cm³/mol. The van der Waals surface area contributed by atoms with Crippen molar-refractivity contribution in [1.29, 1.82) is 5.26 Å². The summed E-state index contributed by atoms with van der Waals surface area (Å²) in [6.07, 6.45) is 0.712. The Balaban J connectivity index is 1.73. The summed E-state index contributed by atoms with van der Waals surface area (Å²) in [5, 5.41) is 11.8. The number of carbonyl (C=O) groups is 1. The number of nitrogens with zero attached hydrogens (tertiary/aromatic N) is 2. The van der Waals surface area contributed by atoms with Crippen molar-refractivity contribution in [2.45, 2.75) is 20.3 Å². The van der Waals surface area contributed by atoms with E-state index in [0.717, 1.165) is 5.56 Å². The number of halogens is 1. The van der Waals surface area contributed by atoms with Crippen LogP contribution in [0.5, 0.6) is 5.75 Å². The molecule has 138 valence electrons. The molecule has 0 saturated heterocycles. The molecule has 1 aromatic heterocycles. The molecule has 0 atom stereocenters. The van der Waals surface area contributed by atoms with Gasteiger partial charge in [-0.2, -0.15) is 5.26 Å². The molecule has 0 fully saturated rings. The molecular weight excluding hydrogens is 337 g/mol. The van der Waals surface area contributed by atoms with Crippen molar-refractivity contribution >= 4 is 11.8 Å². The summed E-state index contributed by atoms with van der Waals surface area (Å²) in [4.78, 5) is 14.0. The van der Waals surface area contributed by atoms with Gasteiger partial charge >= 0.3 is 0 Å². The molecule has 0 aliphatic rings. The van der Waals surface area contributed by atoms with Gasteiger partial charge in [0.05, 0.1) is 13.2 Å². The minimum Gasteiger partial charge on any atom is -0.494 e. The molecule has 0 aliphatic carbocycles. The first-order valence-electron chi connectivity index (χ1n) is 8.27. The average Bonchev–Trinajstić information content (AvgIpc) is 2.86. The van der Waals surface area contributed by atoms with Gasteiger partial charge in [0.25, 0.3) is 0 Å². The number of benzene rings is 1. The molecule has 6 nitrogen and oxygen atoms in total. The SMILES string of the molecule is Cc1oc(NC(=O)CN(C)CCCOc2ccc(F)cc2)c(C#N)c1C. The highest BCUT2D eigenvalue weighted by Crippen LogP contribution is 2.25. The lowest BCUT2D eigenvalue weighted by Gasteiger charge is -2.16. The zero-order valence-corrected chi connectivity index (χ0v) is 15.1. The van der Waals surface area contributed by atoms with E-state index in [0.29, 0.717) is 36.6 Å². The van der Waals surface area contributed by atoms with E-state index in [2.05, 4.69) is 5.32 Å². The quantitative estimate of drug-likeness (QED) is 0.732. The number of ether oxygens (including phenoxy) is 1. The maximum absolute atomic E-state index is 12.8. The van der Waals surface area contributed by atoms with E-state index in [9.17, 15) is 9.18 Å². The van der Waals surface area contributed by atoms with E-state index in [1.54, 1.807) is 26.0 Å². The molecule has 0 aliphatic heterocycles. The number of aryl methyl sites for hydroxylation is 1. The smallest absolute Gasteiger partial charge is 0.240 e. The Morgan fingerprint density at radius 3 is 2.69 bits per heavy atom. The van der Waals surface area contributed by atoms with Crippen LogP contribution in [0.2, 0.25) is 0 Å². The van der Waals surface area contributed by atoms with Crippen LogP contribution in [0.1, 0.15) is 23.3 Å². The number of amides is 1. The standard InChI is InChI=1S/C19H22FN3O3/c1-13-14(2)26-19(17(13)11-21)22-18(24)12-23(3)9-4-10-25-16-7-5-15(20)6-8-16/h5-8H,4,9-10,12H2,1-3H3,(H,22,24). The monoisotopic (exact) mass is 359 g/mol. The Bertz CT molecular complexity index is 794. The first kappa shape index (κ1) is 19.5. The highest BCUT2D eigenvalue weighted by molar-refractivity contribution is 5.92. The fraction of sp³-hybridized carbons (Fsp3) is 0.368. The Morgan fingerprint density at radius 1 is 1.35 bits per heavy atom. The van der Waals surface area contributed by atoms with Crippen molar-refractivity contribution in [3.8, 4) is 11.8 Å². The van der Waals surface area contributed by atoms with Gasteiger partial charge in [0, 0.05) is 12.1 Å². The molecular formula is C19H22FN3O3. The van der Waals surface area contributed by atoms with Crippen molar-refractivity contribution in [3.63, 3.8) is 0 Å². The van der Waals surface area contributed by atoms with Gasteiger partial charge in [0.15, 0.2) is 0 Å². The molecule has 1 amide bonds. The summed E-state index contributed by atoms with van der Waals surface area (Å²) in [5.74, 6) is 0.866. The van der Waals surface area contributed by atoms with Crippen LogP contribution in [0.25, 0.3) is 0 Å². The number of nitrogens with one attached hydrogen (secondary N) is 1. The molecule has 2 rings (SSSR count). The summed E-state index contributed by atoms with van der Waals surface area (Å²) in [6, 6.07) is 7.89. The Labute approximate surface area is 152 Å². The molecule has 1 heterocycles. The highest BCUT2D eigenvalue weighted by Gasteiger charge is 2.17. The predicted octanol–water partition coefficient (Wildman–Crippen LogP) is 3.25. The largest absolute Gasteiger partial charge is 0.494 e.